The highest BCUT2D eigenvalue weighted by Crippen LogP contribution is 2.30. The normalized spacial score (nSPS) is 17.4. The molecule has 8 nitrogen and oxygen atoms in total. The van der Waals surface area contributed by atoms with E-state index in [1.165, 1.54) is 10.9 Å². The predicted octanol–water partition coefficient (Wildman–Crippen LogP) is 2.23. The Kier molecular flexibility index (Phi) is 4.70. The van der Waals surface area contributed by atoms with Crippen molar-refractivity contribution < 1.29 is 9.32 Å². The molecule has 1 unspecified atom stereocenters. The number of piperidine rings is 1. The molecule has 1 aromatic carbocycles. The van der Waals surface area contributed by atoms with Crippen LogP contribution >= 0.6 is 0 Å². The molecule has 0 aliphatic carbocycles. The van der Waals surface area contributed by atoms with Crippen molar-refractivity contribution in [1.82, 2.24) is 24.6 Å². The highest BCUT2D eigenvalue weighted by molar-refractivity contribution is 5.78. The van der Waals surface area contributed by atoms with Crippen molar-refractivity contribution in [2.45, 2.75) is 45.2 Å². The summed E-state index contributed by atoms with van der Waals surface area (Å²) in [5, 5.41) is 4.40. The molecule has 1 saturated heterocycles. The Labute approximate surface area is 155 Å². The van der Waals surface area contributed by atoms with Crippen LogP contribution in [0.15, 0.2) is 39.9 Å². The van der Waals surface area contributed by atoms with Crippen molar-refractivity contribution >= 4 is 16.8 Å². The van der Waals surface area contributed by atoms with Gasteiger partial charge in [-0.15, -0.1) is 0 Å². The first-order valence-electron chi connectivity index (χ1n) is 9.17. The first-order valence-corrected chi connectivity index (χ1v) is 9.17. The van der Waals surface area contributed by atoms with E-state index in [1.54, 1.807) is 24.0 Å². The van der Waals surface area contributed by atoms with Crippen LogP contribution in [0.1, 0.15) is 43.4 Å². The lowest BCUT2D eigenvalue weighted by Crippen LogP contribution is -2.39. The van der Waals surface area contributed by atoms with E-state index in [0.29, 0.717) is 35.7 Å². The molecule has 3 heterocycles. The molecule has 8 heteroatoms. The Morgan fingerprint density at radius 2 is 2.15 bits per heavy atom. The number of amides is 1. The number of aryl methyl sites for hydroxylation is 2. The summed E-state index contributed by atoms with van der Waals surface area (Å²) in [4.78, 5) is 35.8. The van der Waals surface area contributed by atoms with Crippen LogP contribution in [0.2, 0.25) is 0 Å². The maximum Gasteiger partial charge on any atom is 0.261 e. The number of carbonyl (C=O) groups excluding carboxylic acids is 1. The van der Waals surface area contributed by atoms with Crippen molar-refractivity contribution in [2.75, 3.05) is 6.54 Å². The van der Waals surface area contributed by atoms with E-state index in [4.69, 9.17) is 4.52 Å². The Bertz CT molecular complexity index is 1030. The number of nitrogens with zero attached hydrogens (tertiary/aromatic N) is 5. The number of para-hydroxylation sites is 1. The van der Waals surface area contributed by atoms with Crippen LogP contribution < -0.4 is 5.56 Å². The summed E-state index contributed by atoms with van der Waals surface area (Å²) in [6, 6.07) is 7.03. The number of fused-ring (bicyclic) bond motifs is 1. The Hall–Kier alpha value is -3.03. The van der Waals surface area contributed by atoms with Crippen LogP contribution in [0.3, 0.4) is 0 Å². The molecule has 2 aromatic heterocycles. The average Bonchev–Trinajstić information content (AvgIpc) is 3.14. The fraction of sp³-hybridized carbons (Fsp3) is 0.421. The first-order chi connectivity index (χ1) is 13.1. The molecule has 1 amide bonds. The van der Waals surface area contributed by atoms with Crippen molar-refractivity contribution in [3.05, 3.63) is 52.7 Å². The molecule has 1 fully saturated rings. The Balaban J connectivity index is 1.50. The molecule has 0 radical (unpaired) electrons. The summed E-state index contributed by atoms with van der Waals surface area (Å²) < 4.78 is 6.79. The van der Waals surface area contributed by atoms with Gasteiger partial charge >= 0.3 is 0 Å². The van der Waals surface area contributed by atoms with Crippen molar-refractivity contribution in [1.29, 1.82) is 0 Å². The summed E-state index contributed by atoms with van der Waals surface area (Å²) in [5.41, 5.74) is 0.532. The molecule has 140 valence electrons. The van der Waals surface area contributed by atoms with Crippen LogP contribution in [-0.4, -0.2) is 37.0 Å². The Morgan fingerprint density at radius 3 is 2.96 bits per heavy atom. The first kappa shape index (κ1) is 17.4. The molecule has 3 aromatic rings. The summed E-state index contributed by atoms with van der Waals surface area (Å²) in [6.45, 7) is 2.72. The molecule has 1 aliphatic rings. The minimum atomic E-state index is -0.182. The monoisotopic (exact) mass is 367 g/mol. The largest absolute Gasteiger partial charge is 0.337 e. The predicted molar refractivity (Wildman–Crippen MR) is 98.0 cm³/mol. The molecule has 4 rings (SSSR count). The highest BCUT2D eigenvalue weighted by Gasteiger charge is 2.31. The van der Waals surface area contributed by atoms with Gasteiger partial charge in [0.25, 0.3) is 5.56 Å². The van der Waals surface area contributed by atoms with Gasteiger partial charge < -0.3 is 9.42 Å². The van der Waals surface area contributed by atoms with Crippen LogP contribution in [0, 0.1) is 6.92 Å². The summed E-state index contributed by atoms with van der Waals surface area (Å²) >= 11 is 0. The van der Waals surface area contributed by atoms with E-state index in [1.807, 2.05) is 12.1 Å². The van der Waals surface area contributed by atoms with Crippen molar-refractivity contribution in [3.8, 4) is 0 Å². The van der Waals surface area contributed by atoms with Gasteiger partial charge in [-0.3, -0.25) is 14.2 Å². The zero-order valence-corrected chi connectivity index (χ0v) is 15.2. The van der Waals surface area contributed by atoms with Crippen molar-refractivity contribution in [3.63, 3.8) is 0 Å². The zero-order chi connectivity index (χ0) is 18.8. The van der Waals surface area contributed by atoms with Gasteiger partial charge in [0.15, 0.2) is 5.82 Å². The average molecular weight is 367 g/mol. The lowest BCUT2D eigenvalue weighted by molar-refractivity contribution is -0.136. The fourth-order valence-corrected chi connectivity index (χ4v) is 3.56. The van der Waals surface area contributed by atoms with Gasteiger partial charge in [0, 0.05) is 19.5 Å². The number of benzene rings is 1. The lowest BCUT2D eigenvalue weighted by Gasteiger charge is -2.33. The second-order valence-corrected chi connectivity index (χ2v) is 6.79. The minimum Gasteiger partial charge on any atom is -0.337 e. The van der Waals surface area contributed by atoms with Gasteiger partial charge in [0.1, 0.15) is 6.04 Å². The molecule has 0 N–H and O–H groups in total. The molecular formula is C19H21N5O3. The number of hydrogen-bond donors (Lipinski definition) is 0. The highest BCUT2D eigenvalue weighted by atomic mass is 16.5. The standard InChI is InChI=1S/C19H21N5O3/c1-13-21-18(27-22-13)16-8-4-5-10-24(16)17(25)9-11-23-12-20-15-7-3-2-6-14(15)19(23)26/h2-3,6-7,12,16H,4-5,8-11H2,1H3. The van der Waals surface area contributed by atoms with E-state index in [0.717, 1.165) is 19.3 Å². The van der Waals surface area contributed by atoms with Crippen LogP contribution in [0.4, 0.5) is 0 Å². The van der Waals surface area contributed by atoms with Gasteiger partial charge in [0.05, 0.1) is 17.2 Å². The van der Waals surface area contributed by atoms with Crippen LogP contribution in [0.25, 0.3) is 10.9 Å². The summed E-state index contributed by atoms with van der Waals surface area (Å²) in [7, 11) is 0. The smallest absolute Gasteiger partial charge is 0.261 e. The van der Waals surface area contributed by atoms with E-state index in [-0.39, 0.29) is 23.9 Å². The second-order valence-electron chi connectivity index (χ2n) is 6.79. The Morgan fingerprint density at radius 1 is 1.30 bits per heavy atom. The lowest BCUT2D eigenvalue weighted by atomic mass is 10.0. The van der Waals surface area contributed by atoms with Gasteiger partial charge in [-0.1, -0.05) is 17.3 Å². The number of aromatic nitrogens is 4. The number of likely N-dealkylation sites (tertiary alicyclic amines) is 1. The third-order valence-electron chi connectivity index (χ3n) is 4.95. The van der Waals surface area contributed by atoms with Crippen LogP contribution in [0.5, 0.6) is 0 Å². The minimum absolute atomic E-state index is 0.0180. The van der Waals surface area contributed by atoms with Crippen LogP contribution in [-0.2, 0) is 11.3 Å². The zero-order valence-electron chi connectivity index (χ0n) is 15.2. The van der Waals surface area contributed by atoms with Gasteiger partial charge in [-0.05, 0) is 38.3 Å². The molecule has 0 spiro atoms. The van der Waals surface area contributed by atoms with E-state index in [2.05, 4.69) is 15.1 Å². The number of carbonyl (C=O) groups is 1. The molecular weight excluding hydrogens is 346 g/mol. The van der Waals surface area contributed by atoms with E-state index < -0.39 is 0 Å². The summed E-state index contributed by atoms with van der Waals surface area (Å²) in [5.74, 6) is 1.04. The van der Waals surface area contributed by atoms with Gasteiger partial charge in [0.2, 0.25) is 11.8 Å². The van der Waals surface area contributed by atoms with Gasteiger partial charge in [-0.25, -0.2) is 4.98 Å². The maximum absolute atomic E-state index is 12.8. The van der Waals surface area contributed by atoms with E-state index >= 15 is 0 Å². The maximum atomic E-state index is 12.8. The molecule has 27 heavy (non-hydrogen) atoms. The SMILES string of the molecule is Cc1noc(C2CCCCN2C(=O)CCn2cnc3ccccc3c2=O)n1. The quantitative estimate of drug-likeness (QED) is 0.702. The third-order valence-corrected chi connectivity index (χ3v) is 4.95. The fourth-order valence-electron chi connectivity index (χ4n) is 3.56. The summed E-state index contributed by atoms with van der Waals surface area (Å²) in [6.07, 6.45) is 4.51. The topological polar surface area (TPSA) is 94.1 Å². The molecule has 1 atom stereocenters. The molecule has 0 saturated carbocycles. The second kappa shape index (κ2) is 7.30. The molecule has 1 aliphatic heterocycles. The van der Waals surface area contributed by atoms with Crippen molar-refractivity contribution in [2.24, 2.45) is 0 Å². The third kappa shape index (κ3) is 3.47. The molecule has 0 bridgehead atoms. The van der Waals surface area contributed by atoms with E-state index in [9.17, 15) is 9.59 Å². The number of hydrogen-bond acceptors (Lipinski definition) is 6. The number of rotatable bonds is 4. The van der Waals surface area contributed by atoms with Gasteiger partial charge in [-0.2, -0.15) is 4.98 Å².